The average Bonchev–Trinajstić information content (AvgIpc) is 3.24. The molecule has 6 heteroatoms. The van der Waals surface area contributed by atoms with Crippen molar-refractivity contribution in [2.45, 2.75) is 29.4 Å². The molecule has 5 rings (SSSR count). The molecule has 0 aliphatic carbocycles. The van der Waals surface area contributed by atoms with Gasteiger partial charge < -0.3 is 9.80 Å². The normalized spacial score (nSPS) is 24.7. The van der Waals surface area contributed by atoms with Crippen LogP contribution in [0.1, 0.15) is 18.4 Å². The zero-order valence-electron chi connectivity index (χ0n) is 17.4. The highest BCUT2D eigenvalue weighted by Crippen LogP contribution is 2.38. The molecule has 0 N–H and O–H groups in total. The van der Waals surface area contributed by atoms with Gasteiger partial charge in [0.15, 0.2) is 0 Å². The number of hydrogen-bond donors (Lipinski definition) is 0. The maximum atomic E-state index is 13.2. The van der Waals surface area contributed by atoms with Gasteiger partial charge in [-0.25, -0.2) is 4.98 Å². The van der Waals surface area contributed by atoms with E-state index in [-0.39, 0.29) is 5.25 Å². The van der Waals surface area contributed by atoms with E-state index in [1.807, 2.05) is 12.3 Å². The first-order valence-electron chi connectivity index (χ1n) is 11.2. The first-order valence-corrected chi connectivity index (χ1v) is 12.1. The lowest BCUT2D eigenvalue weighted by atomic mass is 9.96. The summed E-state index contributed by atoms with van der Waals surface area (Å²) in [4.78, 5) is 26.1. The smallest absolute Gasteiger partial charge is 0.236 e. The van der Waals surface area contributed by atoms with Gasteiger partial charge in [0, 0.05) is 56.9 Å². The highest BCUT2D eigenvalue weighted by Gasteiger charge is 2.34. The van der Waals surface area contributed by atoms with Gasteiger partial charge in [0.05, 0.1) is 5.25 Å². The number of piperazine rings is 1. The number of nitrogens with zero attached hydrogens (tertiary/aromatic N) is 4. The van der Waals surface area contributed by atoms with Crippen LogP contribution in [0.5, 0.6) is 0 Å². The van der Waals surface area contributed by atoms with Crippen molar-refractivity contribution in [3.63, 3.8) is 0 Å². The maximum absolute atomic E-state index is 13.2. The third-order valence-corrected chi connectivity index (χ3v) is 7.92. The summed E-state index contributed by atoms with van der Waals surface area (Å²) < 4.78 is 0. The number of benzene rings is 1. The number of anilines is 1. The molecule has 0 radical (unpaired) electrons. The molecule has 2 atom stereocenters. The van der Waals surface area contributed by atoms with Gasteiger partial charge in [0.1, 0.15) is 5.82 Å². The summed E-state index contributed by atoms with van der Waals surface area (Å²) >= 11 is 1.76. The van der Waals surface area contributed by atoms with Crippen LogP contribution >= 0.6 is 11.8 Å². The fourth-order valence-corrected chi connectivity index (χ4v) is 6.28. The van der Waals surface area contributed by atoms with Gasteiger partial charge in [0.25, 0.3) is 0 Å². The van der Waals surface area contributed by atoms with Crippen LogP contribution in [0.2, 0.25) is 0 Å². The van der Waals surface area contributed by atoms with E-state index in [0.717, 1.165) is 64.5 Å². The summed E-state index contributed by atoms with van der Waals surface area (Å²) in [7, 11) is 0. The molecule has 30 heavy (non-hydrogen) atoms. The quantitative estimate of drug-likeness (QED) is 0.757. The predicted octanol–water partition coefficient (Wildman–Crippen LogP) is 3.16. The lowest BCUT2D eigenvalue weighted by Gasteiger charge is -2.40. The molecule has 1 aromatic carbocycles. The summed E-state index contributed by atoms with van der Waals surface area (Å²) in [6.07, 6.45) is 5.13. The van der Waals surface area contributed by atoms with Crippen LogP contribution in [0, 0.1) is 5.92 Å². The van der Waals surface area contributed by atoms with Crippen molar-refractivity contribution in [3.05, 3.63) is 54.2 Å². The standard InChI is InChI=1S/C24H30N4OS/c29-24(22-16-20-7-1-2-8-21(20)30-22)28-11-5-6-19(18-28)17-26-12-14-27(15-13-26)23-9-3-4-10-25-23/h1-4,7-10,19,22H,5-6,11-18H2. The van der Waals surface area contributed by atoms with Gasteiger partial charge in [-0.15, -0.1) is 11.8 Å². The molecule has 2 unspecified atom stereocenters. The van der Waals surface area contributed by atoms with Crippen molar-refractivity contribution in [1.82, 2.24) is 14.8 Å². The Balaban J connectivity index is 1.12. The first-order chi connectivity index (χ1) is 14.8. The Kier molecular flexibility index (Phi) is 5.95. The van der Waals surface area contributed by atoms with Gasteiger partial charge in [0.2, 0.25) is 5.91 Å². The van der Waals surface area contributed by atoms with Crippen LogP contribution in [0.3, 0.4) is 0 Å². The van der Waals surface area contributed by atoms with Gasteiger partial charge in [-0.05, 0) is 48.9 Å². The molecule has 3 aliphatic heterocycles. The Bertz CT molecular complexity index is 844. The van der Waals surface area contributed by atoms with Crippen LogP contribution in [-0.2, 0) is 11.2 Å². The summed E-state index contributed by atoms with van der Waals surface area (Å²) in [6.45, 7) is 7.18. The van der Waals surface area contributed by atoms with Crippen molar-refractivity contribution in [2.24, 2.45) is 5.92 Å². The molecule has 2 fully saturated rings. The highest BCUT2D eigenvalue weighted by atomic mass is 32.2. The molecule has 0 saturated carbocycles. The third kappa shape index (κ3) is 4.35. The minimum atomic E-state index is 0.0723. The molecule has 4 heterocycles. The van der Waals surface area contributed by atoms with Gasteiger partial charge >= 0.3 is 0 Å². The van der Waals surface area contributed by atoms with E-state index in [4.69, 9.17) is 0 Å². The van der Waals surface area contributed by atoms with Gasteiger partial charge in [-0.3, -0.25) is 9.69 Å². The van der Waals surface area contributed by atoms with E-state index in [0.29, 0.717) is 11.8 Å². The minimum absolute atomic E-state index is 0.0723. The van der Waals surface area contributed by atoms with Gasteiger partial charge in [-0.1, -0.05) is 24.3 Å². The number of thioether (sulfide) groups is 1. The monoisotopic (exact) mass is 422 g/mol. The topological polar surface area (TPSA) is 39.7 Å². The molecule has 2 aromatic rings. The number of pyridine rings is 1. The number of hydrogen-bond acceptors (Lipinski definition) is 5. The molecular weight excluding hydrogens is 392 g/mol. The number of carbonyl (C=O) groups is 1. The zero-order chi connectivity index (χ0) is 20.3. The van der Waals surface area contributed by atoms with E-state index in [2.05, 4.69) is 56.1 Å². The molecule has 1 amide bonds. The molecule has 5 nitrogen and oxygen atoms in total. The van der Waals surface area contributed by atoms with E-state index in [1.165, 1.54) is 16.9 Å². The van der Waals surface area contributed by atoms with E-state index in [1.54, 1.807) is 11.8 Å². The Labute approximate surface area is 183 Å². The number of piperidine rings is 1. The molecule has 2 saturated heterocycles. The molecule has 158 valence electrons. The fraction of sp³-hybridized carbons (Fsp3) is 0.500. The summed E-state index contributed by atoms with van der Waals surface area (Å²) in [5.41, 5.74) is 1.33. The second-order valence-corrected chi connectivity index (χ2v) is 9.93. The van der Waals surface area contributed by atoms with Gasteiger partial charge in [-0.2, -0.15) is 0 Å². The Morgan fingerprint density at radius 3 is 2.67 bits per heavy atom. The Morgan fingerprint density at radius 2 is 1.87 bits per heavy atom. The number of fused-ring (bicyclic) bond motifs is 1. The SMILES string of the molecule is O=C(C1Cc2ccccc2S1)N1CCCC(CN2CCN(c3ccccn3)CC2)C1. The van der Waals surface area contributed by atoms with Crippen molar-refractivity contribution < 1.29 is 4.79 Å². The van der Waals surface area contributed by atoms with E-state index < -0.39 is 0 Å². The second kappa shape index (κ2) is 8.98. The van der Waals surface area contributed by atoms with Crippen LogP contribution in [0.15, 0.2) is 53.6 Å². The molecular formula is C24H30N4OS. The predicted molar refractivity (Wildman–Crippen MR) is 122 cm³/mol. The Morgan fingerprint density at radius 1 is 1.03 bits per heavy atom. The van der Waals surface area contributed by atoms with Crippen molar-refractivity contribution in [3.8, 4) is 0 Å². The zero-order valence-corrected chi connectivity index (χ0v) is 18.3. The van der Waals surface area contributed by atoms with E-state index in [9.17, 15) is 4.79 Å². The maximum Gasteiger partial charge on any atom is 0.236 e. The van der Waals surface area contributed by atoms with E-state index >= 15 is 0 Å². The summed E-state index contributed by atoms with van der Waals surface area (Å²) in [5, 5.41) is 0.0723. The van der Waals surface area contributed by atoms with Crippen molar-refractivity contribution in [1.29, 1.82) is 0 Å². The largest absolute Gasteiger partial charge is 0.354 e. The number of likely N-dealkylation sites (tertiary alicyclic amines) is 1. The van der Waals surface area contributed by atoms with Crippen molar-refractivity contribution >= 4 is 23.5 Å². The lowest BCUT2D eigenvalue weighted by Crippen LogP contribution is -2.51. The summed E-state index contributed by atoms with van der Waals surface area (Å²) in [6, 6.07) is 14.6. The minimum Gasteiger partial charge on any atom is -0.354 e. The van der Waals surface area contributed by atoms with Crippen LogP contribution in [-0.4, -0.2) is 71.8 Å². The number of carbonyl (C=O) groups excluding carboxylic acids is 1. The molecule has 0 spiro atoms. The average molecular weight is 423 g/mol. The van der Waals surface area contributed by atoms with Crippen molar-refractivity contribution in [2.75, 3.05) is 50.7 Å². The number of rotatable bonds is 4. The highest BCUT2D eigenvalue weighted by molar-refractivity contribution is 8.01. The van der Waals surface area contributed by atoms with Crippen LogP contribution in [0.25, 0.3) is 0 Å². The summed E-state index contributed by atoms with van der Waals surface area (Å²) in [5.74, 6) is 2.03. The molecule has 0 bridgehead atoms. The van der Waals surface area contributed by atoms with Crippen LogP contribution < -0.4 is 4.90 Å². The lowest BCUT2D eigenvalue weighted by molar-refractivity contribution is -0.132. The second-order valence-electron chi connectivity index (χ2n) is 8.69. The molecule has 3 aliphatic rings. The van der Waals surface area contributed by atoms with Crippen LogP contribution in [0.4, 0.5) is 5.82 Å². The number of aromatic nitrogens is 1. The Hall–Kier alpha value is -2.05. The number of amides is 1. The third-order valence-electron chi connectivity index (χ3n) is 6.62. The first kappa shape index (κ1) is 19.9. The molecule has 1 aromatic heterocycles. The fourth-order valence-electron chi connectivity index (χ4n) is 5.00.